The number of nitro groups is 1. The lowest BCUT2D eigenvalue weighted by Gasteiger charge is -2.09. The Morgan fingerprint density at radius 3 is 2.46 bits per heavy atom. The fraction of sp³-hybridized carbons (Fsp3) is 0.0556. The number of amides is 1. The number of hydrogen-bond acceptors (Lipinski definition) is 6. The van der Waals surface area contributed by atoms with Gasteiger partial charge in [-0.05, 0) is 29.0 Å². The monoisotopic (exact) mass is 404 g/mol. The van der Waals surface area contributed by atoms with Crippen LogP contribution in [0.15, 0.2) is 65.6 Å². The van der Waals surface area contributed by atoms with Crippen molar-refractivity contribution < 1.29 is 27.3 Å². The van der Waals surface area contributed by atoms with E-state index in [4.69, 9.17) is 4.74 Å². The van der Waals surface area contributed by atoms with Crippen molar-refractivity contribution in [3.8, 4) is 5.75 Å². The summed E-state index contributed by atoms with van der Waals surface area (Å²) >= 11 is 0. The van der Waals surface area contributed by atoms with Gasteiger partial charge in [0, 0.05) is 12.1 Å². The smallest absolute Gasteiger partial charge is 0.304 e. The number of carbonyl (C=O) groups is 1. The Labute approximate surface area is 158 Å². The highest BCUT2D eigenvalue weighted by molar-refractivity contribution is 7.90. The van der Waals surface area contributed by atoms with Crippen LogP contribution in [0.4, 0.5) is 10.1 Å². The van der Waals surface area contributed by atoms with Gasteiger partial charge in [-0.1, -0.05) is 30.3 Å². The highest BCUT2D eigenvalue weighted by Gasteiger charge is 2.22. The predicted molar refractivity (Wildman–Crippen MR) is 97.8 cm³/mol. The van der Waals surface area contributed by atoms with Crippen molar-refractivity contribution in [3.05, 3.63) is 76.6 Å². The summed E-state index contributed by atoms with van der Waals surface area (Å²) in [4.78, 5) is 20.9. The molecule has 1 amide bonds. The fourth-order valence-corrected chi connectivity index (χ4v) is 3.43. The SMILES string of the molecule is O=C(COc1ccc2ccccc2c1)NS(=O)(=O)c1ccc([N+](=O)[O-])c(F)c1. The van der Waals surface area contributed by atoms with Crippen molar-refractivity contribution in [1.29, 1.82) is 0 Å². The lowest BCUT2D eigenvalue weighted by Crippen LogP contribution is -2.34. The van der Waals surface area contributed by atoms with Gasteiger partial charge in [-0.2, -0.15) is 4.39 Å². The maximum absolute atomic E-state index is 13.6. The Kier molecular flexibility index (Phi) is 5.23. The number of nitrogens with zero attached hydrogens (tertiary/aromatic N) is 1. The van der Waals surface area contributed by atoms with E-state index in [2.05, 4.69) is 0 Å². The number of benzene rings is 3. The van der Waals surface area contributed by atoms with E-state index in [0.717, 1.165) is 16.8 Å². The van der Waals surface area contributed by atoms with Crippen molar-refractivity contribution in [3.63, 3.8) is 0 Å². The number of nitro benzene ring substituents is 1. The maximum atomic E-state index is 13.6. The molecule has 3 rings (SSSR count). The van der Waals surface area contributed by atoms with Gasteiger partial charge in [0.2, 0.25) is 5.82 Å². The first-order chi connectivity index (χ1) is 13.3. The molecule has 3 aromatic rings. The minimum absolute atomic E-state index is 0.368. The lowest BCUT2D eigenvalue weighted by molar-refractivity contribution is -0.387. The molecule has 0 radical (unpaired) electrons. The summed E-state index contributed by atoms with van der Waals surface area (Å²) in [5.41, 5.74) is -0.870. The third-order valence-corrected chi connectivity index (χ3v) is 5.14. The van der Waals surface area contributed by atoms with E-state index < -0.39 is 43.9 Å². The minimum atomic E-state index is -4.41. The Morgan fingerprint density at radius 2 is 1.79 bits per heavy atom. The Bertz CT molecular complexity index is 1180. The van der Waals surface area contributed by atoms with Crippen LogP contribution in [-0.4, -0.2) is 25.9 Å². The van der Waals surface area contributed by atoms with E-state index in [9.17, 15) is 27.7 Å². The summed E-state index contributed by atoms with van der Waals surface area (Å²) in [6.07, 6.45) is 0. The average Bonchev–Trinajstić information content (AvgIpc) is 2.65. The molecule has 0 aromatic heterocycles. The number of ether oxygens (including phenoxy) is 1. The first-order valence-electron chi connectivity index (χ1n) is 7.87. The van der Waals surface area contributed by atoms with Crippen LogP contribution >= 0.6 is 0 Å². The Morgan fingerprint density at radius 1 is 1.07 bits per heavy atom. The van der Waals surface area contributed by atoms with E-state index in [1.807, 2.05) is 24.3 Å². The molecule has 1 N–H and O–H groups in total. The van der Waals surface area contributed by atoms with Crippen molar-refractivity contribution >= 4 is 32.4 Å². The van der Waals surface area contributed by atoms with E-state index in [-0.39, 0.29) is 0 Å². The van der Waals surface area contributed by atoms with Gasteiger partial charge in [0.1, 0.15) is 5.75 Å². The number of halogens is 1. The predicted octanol–water partition coefficient (Wildman–Crippen LogP) is 2.77. The number of fused-ring (bicyclic) bond motifs is 1. The molecule has 10 heteroatoms. The molecule has 0 aliphatic rings. The first-order valence-corrected chi connectivity index (χ1v) is 9.36. The average molecular weight is 404 g/mol. The van der Waals surface area contributed by atoms with Crippen LogP contribution in [0.25, 0.3) is 10.8 Å². The van der Waals surface area contributed by atoms with Gasteiger partial charge >= 0.3 is 5.69 Å². The molecule has 0 saturated heterocycles. The lowest BCUT2D eigenvalue weighted by atomic mass is 10.1. The van der Waals surface area contributed by atoms with Crippen LogP contribution in [0.3, 0.4) is 0 Å². The third kappa shape index (κ3) is 4.23. The second-order valence-corrected chi connectivity index (χ2v) is 7.38. The molecule has 0 aliphatic heterocycles. The number of rotatable bonds is 6. The highest BCUT2D eigenvalue weighted by Crippen LogP contribution is 2.22. The summed E-state index contributed by atoms with van der Waals surface area (Å²) < 4.78 is 44.9. The van der Waals surface area contributed by atoms with Crippen LogP contribution in [0, 0.1) is 15.9 Å². The normalized spacial score (nSPS) is 11.2. The van der Waals surface area contributed by atoms with Crippen molar-refractivity contribution in [1.82, 2.24) is 4.72 Å². The molecule has 28 heavy (non-hydrogen) atoms. The molecule has 144 valence electrons. The van der Waals surface area contributed by atoms with E-state index >= 15 is 0 Å². The summed E-state index contributed by atoms with van der Waals surface area (Å²) in [5, 5.41) is 12.4. The zero-order chi connectivity index (χ0) is 20.3. The van der Waals surface area contributed by atoms with E-state index in [1.165, 1.54) is 0 Å². The van der Waals surface area contributed by atoms with Crippen LogP contribution in [0.1, 0.15) is 0 Å². The maximum Gasteiger partial charge on any atom is 0.304 e. The molecule has 0 unspecified atom stereocenters. The molecule has 8 nitrogen and oxygen atoms in total. The van der Waals surface area contributed by atoms with Gasteiger partial charge in [0.15, 0.2) is 6.61 Å². The second-order valence-electron chi connectivity index (χ2n) is 5.70. The van der Waals surface area contributed by atoms with Crippen LogP contribution < -0.4 is 9.46 Å². The zero-order valence-electron chi connectivity index (χ0n) is 14.2. The van der Waals surface area contributed by atoms with Gasteiger partial charge in [-0.15, -0.1) is 0 Å². The third-order valence-electron chi connectivity index (χ3n) is 3.77. The van der Waals surface area contributed by atoms with Crippen molar-refractivity contribution in [2.75, 3.05) is 6.61 Å². The summed E-state index contributed by atoms with van der Waals surface area (Å²) in [7, 11) is -4.41. The first kappa shape index (κ1) is 19.2. The Hall–Kier alpha value is -3.53. The van der Waals surface area contributed by atoms with Crippen LogP contribution in [-0.2, 0) is 14.8 Å². The topological polar surface area (TPSA) is 116 Å². The van der Waals surface area contributed by atoms with Gasteiger partial charge in [-0.3, -0.25) is 14.9 Å². The van der Waals surface area contributed by atoms with Gasteiger partial charge in [-0.25, -0.2) is 13.1 Å². The molecule has 0 spiro atoms. The molecule has 0 aliphatic carbocycles. The van der Waals surface area contributed by atoms with Gasteiger partial charge in [0.05, 0.1) is 9.82 Å². The number of carbonyl (C=O) groups excluding carboxylic acids is 1. The molecule has 0 bridgehead atoms. The molecular weight excluding hydrogens is 391 g/mol. The van der Waals surface area contributed by atoms with Crippen LogP contribution in [0.5, 0.6) is 5.75 Å². The number of hydrogen-bond donors (Lipinski definition) is 1. The fourth-order valence-electron chi connectivity index (χ4n) is 2.45. The van der Waals surface area contributed by atoms with Crippen molar-refractivity contribution in [2.24, 2.45) is 0 Å². The summed E-state index contributed by atoms with van der Waals surface area (Å²) in [6, 6.07) is 14.6. The van der Waals surface area contributed by atoms with Crippen molar-refractivity contribution in [2.45, 2.75) is 4.90 Å². The molecule has 0 saturated carbocycles. The zero-order valence-corrected chi connectivity index (χ0v) is 15.0. The minimum Gasteiger partial charge on any atom is -0.484 e. The standard InChI is InChI=1S/C18H13FN2O6S/c19-16-10-15(7-8-17(16)21(23)24)28(25,26)20-18(22)11-27-14-6-5-12-3-1-2-4-13(12)9-14/h1-10H,11H2,(H,20,22). The number of nitrogens with one attached hydrogen (secondary N) is 1. The van der Waals surface area contributed by atoms with E-state index in [1.54, 1.807) is 22.9 Å². The largest absolute Gasteiger partial charge is 0.484 e. The molecular formula is C18H13FN2O6S. The van der Waals surface area contributed by atoms with E-state index in [0.29, 0.717) is 17.9 Å². The quantitative estimate of drug-likeness (QED) is 0.499. The van der Waals surface area contributed by atoms with Crippen LogP contribution in [0.2, 0.25) is 0 Å². The molecule has 0 heterocycles. The highest BCUT2D eigenvalue weighted by atomic mass is 32.2. The number of sulfonamides is 1. The molecule has 0 atom stereocenters. The molecule has 3 aromatic carbocycles. The summed E-state index contributed by atoms with van der Waals surface area (Å²) in [5.74, 6) is -1.94. The molecule has 0 fully saturated rings. The Balaban J connectivity index is 1.67. The van der Waals surface area contributed by atoms with Gasteiger partial charge < -0.3 is 4.74 Å². The van der Waals surface area contributed by atoms with Gasteiger partial charge in [0.25, 0.3) is 15.9 Å². The second kappa shape index (κ2) is 7.61. The summed E-state index contributed by atoms with van der Waals surface area (Å²) in [6.45, 7) is -0.590.